The van der Waals surface area contributed by atoms with E-state index in [9.17, 15) is 5.11 Å². The van der Waals surface area contributed by atoms with E-state index in [2.05, 4.69) is 52.0 Å². The van der Waals surface area contributed by atoms with Gasteiger partial charge < -0.3 is 20.3 Å². The average Bonchev–Trinajstić information content (AvgIpc) is 3.16. The molecule has 0 radical (unpaired) electrons. The van der Waals surface area contributed by atoms with Crippen LogP contribution in [-0.2, 0) is 16.0 Å². The number of aliphatic hydroxyl groups is 1. The molecule has 5 atom stereocenters. The summed E-state index contributed by atoms with van der Waals surface area (Å²) in [6.45, 7) is 11.2. The molecule has 0 bridgehead atoms. The monoisotopic (exact) mass is 481 g/mol. The van der Waals surface area contributed by atoms with E-state index in [0.717, 1.165) is 38.4 Å². The predicted octanol–water partition coefficient (Wildman–Crippen LogP) is 6.29. The summed E-state index contributed by atoms with van der Waals surface area (Å²) in [5.74, 6) is 1.84. The lowest BCUT2D eigenvalue weighted by Gasteiger charge is -2.53. The third-order valence-electron chi connectivity index (χ3n) is 10.1. The summed E-state index contributed by atoms with van der Waals surface area (Å²) in [5, 5.41) is 10.6. The second kappa shape index (κ2) is 9.59. The number of aryl methyl sites for hydroxylation is 1. The quantitative estimate of drug-likeness (QED) is 0.463. The number of benzene rings is 1. The van der Waals surface area contributed by atoms with Crippen molar-refractivity contribution in [2.45, 2.75) is 104 Å². The highest BCUT2D eigenvalue weighted by atomic mass is 16.7. The van der Waals surface area contributed by atoms with Crippen molar-refractivity contribution in [1.82, 2.24) is 0 Å². The molecule has 4 fully saturated rings. The van der Waals surface area contributed by atoms with Crippen LogP contribution in [0.3, 0.4) is 0 Å². The molecule has 1 aliphatic heterocycles. The Hall–Kier alpha value is -1.20. The summed E-state index contributed by atoms with van der Waals surface area (Å²) >= 11 is 0. The SMILES string of the molecule is CC1(C)COC2(CCC3=C4CCC5(C)C(O)CCC5C4CCC3C2)OC1.Cc1ccc(CN)cc1. The summed E-state index contributed by atoms with van der Waals surface area (Å²) in [6, 6.07) is 8.25. The predicted molar refractivity (Wildman–Crippen MR) is 141 cm³/mol. The van der Waals surface area contributed by atoms with Crippen LogP contribution in [0.1, 0.15) is 89.7 Å². The lowest BCUT2D eigenvalue weighted by molar-refractivity contribution is -0.312. The molecular weight excluding hydrogens is 434 g/mol. The van der Waals surface area contributed by atoms with Gasteiger partial charge >= 0.3 is 0 Å². The zero-order chi connectivity index (χ0) is 24.8. The smallest absolute Gasteiger partial charge is 0.169 e. The van der Waals surface area contributed by atoms with E-state index in [1.165, 1.54) is 49.7 Å². The molecule has 0 amide bonds. The second-order valence-electron chi connectivity index (χ2n) is 13.2. The number of allylic oxidation sites excluding steroid dienone is 2. The second-order valence-corrected chi connectivity index (χ2v) is 13.2. The van der Waals surface area contributed by atoms with E-state index in [4.69, 9.17) is 15.2 Å². The zero-order valence-electron chi connectivity index (χ0n) is 22.4. The lowest BCUT2D eigenvalue weighted by Crippen LogP contribution is -2.51. The van der Waals surface area contributed by atoms with E-state index in [0.29, 0.717) is 18.4 Å². The summed E-state index contributed by atoms with van der Waals surface area (Å²) < 4.78 is 12.7. The molecule has 1 aromatic carbocycles. The van der Waals surface area contributed by atoms with Gasteiger partial charge in [-0.1, -0.05) is 61.7 Å². The Balaban J connectivity index is 0.000000239. The molecule has 4 aliphatic carbocycles. The van der Waals surface area contributed by atoms with E-state index >= 15 is 0 Å². The molecule has 3 N–H and O–H groups in total. The van der Waals surface area contributed by atoms with Crippen LogP contribution in [0.2, 0.25) is 0 Å². The fraction of sp³-hybridized carbons (Fsp3) is 0.742. The summed E-state index contributed by atoms with van der Waals surface area (Å²) in [4.78, 5) is 0. The molecular formula is C31H47NO3. The highest BCUT2D eigenvalue weighted by Gasteiger charge is 2.55. The Labute approximate surface area is 212 Å². The van der Waals surface area contributed by atoms with E-state index in [-0.39, 0.29) is 22.7 Å². The molecule has 1 saturated heterocycles. The van der Waals surface area contributed by atoms with Gasteiger partial charge in [-0.25, -0.2) is 0 Å². The van der Waals surface area contributed by atoms with Gasteiger partial charge in [-0.3, -0.25) is 0 Å². The number of fused-ring (bicyclic) bond motifs is 4. The zero-order valence-corrected chi connectivity index (χ0v) is 22.4. The third-order valence-corrected chi connectivity index (χ3v) is 10.1. The Morgan fingerprint density at radius 3 is 2.29 bits per heavy atom. The van der Waals surface area contributed by atoms with Crippen LogP contribution in [-0.4, -0.2) is 30.2 Å². The van der Waals surface area contributed by atoms with Gasteiger partial charge in [0.05, 0.1) is 19.3 Å². The normalized spacial score (nSPS) is 37.1. The topological polar surface area (TPSA) is 64.7 Å². The van der Waals surface area contributed by atoms with Crippen LogP contribution in [0.5, 0.6) is 0 Å². The van der Waals surface area contributed by atoms with Crippen LogP contribution in [0.25, 0.3) is 0 Å². The Kier molecular flexibility index (Phi) is 6.98. The lowest BCUT2D eigenvalue weighted by atomic mass is 9.56. The summed E-state index contributed by atoms with van der Waals surface area (Å²) in [7, 11) is 0. The van der Waals surface area contributed by atoms with Gasteiger partial charge in [0, 0.05) is 24.8 Å². The number of aliphatic hydroxyl groups excluding tert-OH is 1. The molecule has 4 heteroatoms. The van der Waals surface area contributed by atoms with Crippen LogP contribution >= 0.6 is 0 Å². The molecule has 1 spiro atoms. The number of hydrogen-bond acceptors (Lipinski definition) is 4. The van der Waals surface area contributed by atoms with Gasteiger partial charge in [0.15, 0.2) is 5.79 Å². The van der Waals surface area contributed by atoms with Crippen molar-refractivity contribution in [2.75, 3.05) is 13.2 Å². The Morgan fingerprint density at radius 1 is 0.914 bits per heavy atom. The molecule has 35 heavy (non-hydrogen) atoms. The van der Waals surface area contributed by atoms with Gasteiger partial charge in [0.2, 0.25) is 0 Å². The van der Waals surface area contributed by atoms with Crippen molar-refractivity contribution in [3.63, 3.8) is 0 Å². The first-order valence-corrected chi connectivity index (χ1v) is 14.1. The number of ether oxygens (including phenoxy) is 2. The highest BCUT2D eigenvalue weighted by molar-refractivity contribution is 5.30. The Bertz CT molecular complexity index is 925. The Morgan fingerprint density at radius 2 is 1.60 bits per heavy atom. The first-order chi connectivity index (χ1) is 16.6. The molecule has 6 rings (SSSR count). The molecule has 4 nitrogen and oxygen atoms in total. The maximum absolute atomic E-state index is 10.6. The van der Waals surface area contributed by atoms with Crippen LogP contribution < -0.4 is 5.73 Å². The van der Waals surface area contributed by atoms with E-state index < -0.39 is 0 Å². The summed E-state index contributed by atoms with van der Waals surface area (Å²) in [5.41, 5.74) is 11.8. The number of hydrogen-bond donors (Lipinski definition) is 2. The number of rotatable bonds is 1. The van der Waals surface area contributed by atoms with Crippen LogP contribution in [0, 0.1) is 35.5 Å². The first-order valence-electron chi connectivity index (χ1n) is 14.1. The fourth-order valence-corrected chi connectivity index (χ4v) is 7.80. The number of nitrogens with two attached hydrogens (primary N) is 1. The van der Waals surface area contributed by atoms with Crippen molar-refractivity contribution in [1.29, 1.82) is 0 Å². The molecule has 0 aromatic heterocycles. The van der Waals surface area contributed by atoms with Gasteiger partial charge in [-0.05, 0) is 80.6 Å². The molecule has 5 unspecified atom stereocenters. The van der Waals surface area contributed by atoms with Crippen LogP contribution in [0.4, 0.5) is 0 Å². The summed E-state index contributed by atoms with van der Waals surface area (Å²) in [6.07, 6.45) is 10.5. The third kappa shape index (κ3) is 4.89. The van der Waals surface area contributed by atoms with Gasteiger partial charge in [-0.15, -0.1) is 0 Å². The molecule has 1 aromatic rings. The minimum Gasteiger partial charge on any atom is -0.393 e. The average molecular weight is 482 g/mol. The standard InChI is InChI=1S/C23H36O3.C8H11N/c1-21(2)13-25-23(26-14-21)11-9-16-15(12-23)4-5-18-17(16)8-10-22(3)19(18)6-7-20(22)24;1-7-2-4-8(6-9)5-3-7/h15,18-20,24H,4-14H2,1-3H3;2-5H,6,9H2,1H3. The van der Waals surface area contributed by atoms with Crippen molar-refractivity contribution in [2.24, 2.45) is 34.3 Å². The molecule has 5 aliphatic rings. The van der Waals surface area contributed by atoms with Crippen molar-refractivity contribution in [3.8, 4) is 0 Å². The highest BCUT2D eigenvalue weighted by Crippen LogP contribution is 2.61. The van der Waals surface area contributed by atoms with Gasteiger partial charge in [-0.2, -0.15) is 0 Å². The van der Waals surface area contributed by atoms with Gasteiger partial charge in [0.25, 0.3) is 0 Å². The van der Waals surface area contributed by atoms with E-state index in [1.807, 2.05) is 0 Å². The van der Waals surface area contributed by atoms with Crippen molar-refractivity contribution < 1.29 is 14.6 Å². The largest absolute Gasteiger partial charge is 0.393 e. The maximum atomic E-state index is 10.6. The van der Waals surface area contributed by atoms with Crippen molar-refractivity contribution >= 4 is 0 Å². The first kappa shape index (κ1) is 25.4. The van der Waals surface area contributed by atoms with Crippen LogP contribution in [0.15, 0.2) is 35.4 Å². The van der Waals surface area contributed by atoms with Crippen molar-refractivity contribution in [3.05, 3.63) is 46.5 Å². The molecule has 1 heterocycles. The van der Waals surface area contributed by atoms with Gasteiger partial charge in [0.1, 0.15) is 0 Å². The van der Waals surface area contributed by atoms with E-state index in [1.54, 1.807) is 11.1 Å². The molecule has 3 saturated carbocycles. The molecule has 194 valence electrons. The fourth-order valence-electron chi connectivity index (χ4n) is 7.80. The minimum absolute atomic E-state index is 0.0706. The maximum Gasteiger partial charge on any atom is 0.169 e. The minimum atomic E-state index is -0.302.